The van der Waals surface area contributed by atoms with E-state index < -0.39 is 0 Å². The van der Waals surface area contributed by atoms with E-state index in [9.17, 15) is 15.3 Å². The van der Waals surface area contributed by atoms with Gasteiger partial charge in [-0.15, -0.1) is 0 Å². The van der Waals surface area contributed by atoms with E-state index in [4.69, 9.17) is 27.8 Å². The number of guanidine groups is 4. The molecule has 2 rings (SSSR count). The summed E-state index contributed by atoms with van der Waals surface area (Å²) in [6.45, 7) is 0.760. The van der Waals surface area contributed by atoms with Crippen LogP contribution in [0.1, 0.15) is 11.1 Å². The van der Waals surface area contributed by atoms with Crippen molar-refractivity contribution >= 4 is 23.8 Å². The zero-order valence-corrected chi connectivity index (χ0v) is 19.1. The normalized spacial score (nSPS) is 12.2. The van der Waals surface area contributed by atoms with Gasteiger partial charge in [-0.1, -0.05) is 12.1 Å². The van der Waals surface area contributed by atoms with E-state index in [1.54, 1.807) is 25.2 Å². The van der Waals surface area contributed by atoms with Crippen molar-refractivity contribution in [3.63, 3.8) is 0 Å². The lowest BCUT2D eigenvalue weighted by atomic mass is 10.1. The highest BCUT2D eigenvalue weighted by molar-refractivity contribution is 5.93. The quantitative estimate of drug-likeness (QED) is 0.0947. The Morgan fingerprint density at radius 2 is 1.57 bits per heavy atom. The van der Waals surface area contributed by atoms with E-state index >= 15 is 0 Å². The predicted octanol–water partition coefficient (Wildman–Crippen LogP) is -1.05. The second-order valence-electron chi connectivity index (χ2n) is 7.08. The highest BCUT2D eigenvalue weighted by Crippen LogP contribution is 2.26. The van der Waals surface area contributed by atoms with Crippen molar-refractivity contribution in [3.05, 3.63) is 47.5 Å². The largest absolute Gasteiger partial charge is 0.504 e. The van der Waals surface area contributed by atoms with Crippen LogP contribution in [-0.4, -0.2) is 59.3 Å². The van der Waals surface area contributed by atoms with Crippen molar-refractivity contribution in [3.8, 4) is 23.0 Å². The third-order valence-electron chi connectivity index (χ3n) is 4.38. The zero-order chi connectivity index (χ0) is 25.8. The Balaban J connectivity index is 1.83. The Morgan fingerprint density at radius 1 is 0.886 bits per heavy atom. The molecule has 0 amide bonds. The standard InChI is InChI=1S/C21H30N10O4/c1-26-21(29-18(22)23)28-9-7-13-3-5-17(16(34)11-13)35-31-20(25)30-19(24)27-8-6-12-2-4-14(32)15(33)10-12/h2-5,10-11,32-34H,6-9H2,1H3,(H5,22,23,26,28,29)(H5,24,25,27,30,31). The molecule has 0 spiro atoms. The molecule has 2 aromatic rings. The summed E-state index contributed by atoms with van der Waals surface area (Å²) in [5.41, 5.74) is 26.1. The first-order valence-corrected chi connectivity index (χ1v) is 10.4. The number of hydrogen-bond donors (Lipinski definition) is 9. The van der Waals surface area contributed by atoms with Crippen molar-refractivity contribution < 1.29 is 20.2 Å². The number of phenolic OH excluding ortho intramolecular Hbond substituents is 3. The molecule has 0 aliphatic rings. The maximum absolute atomic E-state index is 10.2. The molecule has 0 bridgehead atoms. The van der Waals surface area contributed by atoms with Gasteiger partial charge in [0.25, 0.3) is 0 Å². The van der Waals surface area contributed by atoms with Crippen LogP contribution >= 0.6 is 0 Å². The van der Waals surface area contributed by atoms with Gasteiger partial charge in [-0.25, -0.2) is 0 Å². The predicted molar refractivity (Wildman–Crippen MR) is 134 cm³/mol. The van der Waals surface area contributed by atoms with Crippen LogP contribution in [0.15, 0.2) is 56.4 Å². The fourth-order valence-electron chi connectivity index (χ4n) is 2.73. The summed E-state index contributed by atoms with van der Waals surface area (Å²) in [5.74, 6) is -0.464. The number of phenols is 3. The monoisotopic (exact) mass is 486 g/mol. The molecule has 35 heavy (non-hydrogen) atoms. The van der Waals surface area contributed by atoms with Gasteiger partial charge in [0, 0.05) is 20.1 Å². The van der Waals surface area contributed by atoms with Crippen LogP contribution in [0.25, 0.3) is 0 Å². The number of aliphatic imine (C=N–C) groups is 4. The third-order valence-corrected chi connectivity index (χ3v) is 4.38. The van der Waals surface area contributed by atoms with E-state index in [0.717, 1.165) is 11.1 Å². The molecule has 13 N–H and O–H groups in total. The number of hydroxylamine groups is 1. The number of aromatic hydroxyl groups is 3. The van der Waals surface area contributed by atoms with Gasteiger partial charge < -0.3 is 48.4 Å². The molecular weight excluding hydrogens is 456 g/mol. The number of nitrogens with two attached hydrogens (primary N) is 4. The molecular formula is C21H30N10O4. The summed E-state index contributed by atoms with van der Waals surface area (Å²) in [5, 5.41) is 32.0. The fraction of sp³-hybridized carbons (Fsp3) is 0.238. The van der Waals surface area contributed by atoms with Crippen molar-refractivity contribution in [1.82, 2.24) is 10.8 Å². The van der Waals surface area contributed by atoms with Crippen LogP contribution in [0.5, 0.6) is 23.0 Å². The summed E-state index contributed by atoms with van der Waals surface area (Å²) in [6.07, 6.45) is 1.02. The fourth-order valence-corrected chi connectivity index (χ4v) is 2.73. The van der Waals surface area contributed by atoms with Gasteiger partial charge >= 0.3 is 0 Å². The van der Waals surface area contributed by atoms with Crippen LogP contribution in [-0.2, 0) is 12.8 Å². The second kappa shape index (κ2) is 13.0. The molecule has 0 atom stereocenters. The maximum atomic E-state index is 10.2. The molecule has 0 aliphatic heterocycles. The molecule has 0 aliphatic carbocycles. The van der Waals surface area contributed by atoms with Gasteiger partial charge in [0.05, 0.1) is 0 Å². The summed E-state index contributed by atoms with van der Waals surface area (Å²) in [6, 6.07) is 9.33. The van der Waals surface area contributed by atoms with E-state index in [0.29, 0.717) is 25.3 Å². The van der Waals surface area contributed by atoms with Crippen molar-refractivity contribution in [2.75, 3.05) is 20.1 Å². The summed E-state index contributed by atoms with van der Waals surface area (Å²) in [7, 11) is 1.55. The van der Waals surface area contributed by atoms with Crippen molar-refractivity contribution in [1.29, 1.82) is 0 Å². The minimum absolute atomic E-state index is 0.0932. The average Bonchev–Trinajstić information content (AvgIpc) is 2.80. The van der Waals surface area contributed by atoms with Crippen LogP contribution in [0.3, 0.4) is 0 Å². The lowest BCUT2D eigenvalue weighted by Gasteiger charge is -2.10. The molecule has 0 fully saturated rings. The molecule has 0 saturated heterocycles. The number of rotatable bonds is 8. The third kappa shape index (κ3) is 9.25. The van der Waals surface area contributed by atoms with E-state index in [2.05, 4.69) is 30.8 Å². The van der Waals surface area contributed by atoms with Crippen LogP contribution in [0.2, 0.25) is 0 Å². The number of nitrogens with zero attached hydrogens (tertiary/aromatic N) is 4. The number of hydrogen-bond acceptors (Lipinski definition) is 6. The topological polar surface area (TPSA) is 247 Å². The first-order valence-electron chi connectivity index (χ1n) is 10.4. The van der Waals surface area contributed by atoms with Gasteiger partial charge in [-0.05, 0) is 48.2 Å². The highest BCUT2D eigenvalue weighted by atomic mass is 16.7. The molecule has 0 heterocycles. The first kappa shape index (κ1) is 26.4. The molecule has 14 heteroatoms. The molecule has 188 valence electrons. The molecule has 0 unspecified atom stereocenters. The Morgan fingerprint density at radius 3 is 2.23 bits per heavy atom. The Hall–Kier alpha value is -4.88. The average molecular weight is 487 g/mol. The molecule has 2 aromatic carbocycles. The van der Waals surface area contributed by atoms with Gasteiger partial charge in [0.15, 0.2) is 29.0 Å². The number of nitrogens with one attached hydrogen (secondary N) is 2. The zero-order valence-electron chi connectivity index (χ0n) is 19.1. The molecule has 0 aromatic heterocycles. The molecule has 0 radical (unpaired) electrons. The Kier molecular flexibility index (Phi) is 9.78. The van der Waals surface area contributed by atoms with E-state index in [-0.39, 0.29) is 47.4 Å². The van der Waals surface area contributed by atoms with Crippen LogP contribution in [0, 0.1) is 0 Å². The van der Waals surface area contributed by atoms with E-state index in [1.165, 1.54) is 18.2 Å². The lowest BCUT2D eigenvalue weighted by molar-refractivity contribution is 0.248. The SMILES string of the molecule is CN=C(N=C(N)N)NCCc1ccc(ONC(N)=NC(N)=NCCc2ccc(O)c(O)c2)c(O)c1. The summed E-state index contributed by atoms with van der Waals surface area (Å²) < 4.78 is 0. The van der Waals surface area contributed by atoms with Crippen LogP contribution in [0.4, 0.5) is 0 Å². The van der Waals surface area contributed by atoms with Crippen LogP contribution < -0.4 is 38.6 Å². The molecule has 14 nitrogen and oxygen atoms in total. The smallest absolute Gasteiger partial charge is 0.230 e. The lowest BCUT2D eigenvalue weighted by Crippen LogP contribution is -2.36. The maximum Gasteiger partial charge on any atom is 0.230 e. The van der Waals surface area contributed by atoms with Gasteiger partial charge in [0.2, 0.25) is 17.9 Å². The van der Waals surface area contributed by atoms with Gasteiger partial charge in [0.1, 0.15) is 0 Å². The number of benzene rings is 2. The minimum atomic E-state index is -0.209. The summed E-state index contributed by atoms with van der Waals surface area (Å²) in [4.78, 5) is 20.9. The minimum Gasteiger partial charge on any atom is -0.504 e. The Bertz CT molecular complexity index is 1130. The van der Waals surface area contributed by atoms with Gasteiger partial charge in [-0.2, -0.15) is 15.5 Å². The molecule has 0 saturated carbocycles. The van der Waals surface area contributed by atoms with Crippen molar-refractivity contribution in [2.45, 2.75) is 12.8 Å². The van der Waals surface area contributed by atoms with Gasteiger partial charge in [-0.3, -0.25) is 9.98 Å². The summed E-state index contributed by atoms with van der Waals surface area (Å²) >= 11 is 0. The van der Waals surface area contributed by atoms with Crippen molar-refractivity contribution in [2.24, 2.45) is 42.9 Å². The van der Waals surface area contributed by atoms with E-state index in [1.807, 2.05) is 0 Å². The Labute approximate surface area is 201 Å². The second-order valence-corrected chi connectivity index (χ2v) is 7.08. The highest BCUT2D eigenvalue weighted by Gasteiger charge is 2.06. The first-order chi connectivity index (χ1) is 16.7.